The van der Waals surface area contributed by atoms with Crippen molar-refractivity contribution in [3.05, 3.63) is 78.4 Å². The zero-order valence-electron chi connectivity index (χ0n) is 13.1. The van der Waals surface area contributed by atoms with Gasteiger partial charge in [-0.25, -0.2) is 9.31 Å². The van der Waals surface area contributed by atoms with Crippen molar-refractivity contribution in [2.45, 2.75) is 0 Å². The van der Waals surface area contributed by atoms with Crippen LogP contribution in [-0.4, -0.2) is 25.7 Å². The lowest BCUT2D eigenvalue weighted by molar-refractivity contribution is 0.0697. The van der Waals surface area contributed by atoms with Crippen molar-refractivity contribution in [1.29, 1.82) is 0 Å². The van der Waals surface area contributed by atoms with E-state index in [9.17, 15) is 4.79 Å². The quantitative estimate of drug-likeness (QED) is 0.594. The number of fused-ring (bicyclic) bond motifs is 1. The molecule has 0 aliphatic heterocycles. The molecule has 4 rings (SSSR count). The molecule has 0 unspecified atom stereocenters. The summed E-state index contributed by atoms with van der Waals surface area (Å²) < 4.78 is 1.78. The fourth-order valence-corrected chi connectivity index (χ4v) is 2.61. The van der Waals surface area contributed by atoms with Gasteiger partial charge < -0.3 is 10.4 Å². The van der Waals surface area contributed by atoms with Crippen LogP contribution in [0.4, 0.5) is 11.6 Å². The summed E-state index contributed by atoms with van der Waals surface area (Å²) in [6.45, 7) is 0. The van der Waals surface area contributed by atoms with E-state index in [0.717, 1.165) is 22.6 Å². The molecular weight excluding hydrogens is 316 g/mol. The first-order chi connectivity index (χ1) is 12.2. The van der Waals surface area contributed by atoms with Crippen molar-refractivity contribution in [3.8, 4) is 11.3 Å². The Hall–Kier alpha value is -3.67. The van der Waals surface area contributed by atoms with Gasteiger partial charge in [-0.15, -0.1) is 5.10 Å². The average molecular weight is 330 g/mol. The average Bonchev–Trinajstić information content (AvgIpc) is 3.05. The number of carboxylic acid groups (broad SMARTS) is 1. The van der Waals surface area contributed by atoms with Gasteiger partial charge in [0.15, 0.2) is 5.65 Å². The molecule has 0 radical (unpaired) electrons. The molecule has 2 aromatic heterocycles. The maximum absolute atomic E-state index is 10.9. The zero-order chi connectivity index (χ0) is 17.2. The van der Waals surface area contributed by atoms with Gasteiger partial charge in [0.1, 0.15) is 0 Å². The lowest BCUT2D eigenvalue weighted by atomic mass is 10.1. The fraction of sp³-hybridized carbons (Fsp3) is 0. The summed E-state index contributed by atoms with van der Waals surface area (Å²) >= 11 is 0. The van der Waals surface area contributed by atoms with E-state index in [1.165, 1.54) is 12.1 Å². The van der Waals surface area contributed by atoms with E-state index in [2.05, 4.69) is 15.4 Å². The minimum Gasteiger partial charge on any atom is -0.478 e. The monoisotopic (exact) mass is 330 g/mol. The second kappa shape index (κ2) is 6.09. The van der Waals surface area contributed by atoms with Crippen molar-refractivity contribution < 1.29 is 9.90 Å². The number of aromatic carboxylic acids is 1. The van der Waals surface area contributed by atoms with E-state index in [-0.39, 0.29) is 5.56 Å². The normalized spacial score (nSPS) is 10.7. The fourth-order valence-electron chi connectivity index (χ4n) is 2.61. The summed E-state index contributed by atoms with van der Waals surface area (Å²) in [6.07, 6.45) is 0. The highest BCUT2D eigenvalue weighted by atomic mass is 16.4. The van der Waals surface area contributed by atoms with Crippen molar-refractivity contribution >= 4 is 23.3 Å². The Bertz CT molecular complexity index is 1040. The number of nitrogens with zero attached hydrogens (tertiary/aromatic N) is 3. The van der Waals surface area contributed by atoms with Crippen LogP contribution >= 0.6 is 0 Å². The third kappa shape index (κ3) is 2.92. The third-order valence-corrected chi connectivity index (χ3v) is 3.82. The van der Waals surface area contributed by atoms with Crippen molar-refractivity contribution in [3.63, 3.8) is 0 Å². The molecule has 2 heterocycles. The zero-order valence-corrected chi connectivity index (χ0v) is 13.1. The molecule has 6 nitrogen and oxygen atoms in total. The molecule has 0 amide bonds. The molecule has 0 saturated carbocycles. The van der Waals surface area contributed by atoms with Gasteiger partial charge in [0.25, 0.3) is 0 Å². The molecule has 0 fully saturated rings. The number of pyridine rings is 1. The molecular formula is C19H14N4O2. The molecule has 0 aliphatic carbocycles. The van der Waals surface area contributed by atoms with Crippen LogP contribution in [0.15, 0.2) is 72.8 Å². The molecule has 0 atom stereocenters. The Morgan fingerprint density at radius 1 is 0.920 bits per heavy atom. The van der Waals surface area contributed by atoms with Crippen LogP contribution in [0.2, 0.25) is 0 Å². The van der Waals surface area contributed by atoms with Gasteiger partial charge in [-0.1, -0.05) is 36.4 Å². The van der Waals surface area contributed by atoms with Crippen LogP contribution in [0.1, 0.15) is 10.4 Å². The number of hydrogen-bond donors (Lipinski definition) is 2. The van der Waals surface area contributed by atoms with Gasteiger partial charge in [0.05, 0.1) is 11.3 Å². The highest BCUT2D eigenvalue weighted by Gasteiger charge is 2.09. The molecule has 0 bridgehead atoms. The van der Waals surface area contributed by atoms with E-state index >= 15 is 0 Å². The maximum atomic E-state index is 10.9. The van der Waals surface area contributed by atoms with E-state index in [4.69, 9.17) is 5.11 Å². The van der Waals surface area contributed by atoms with Gasteiger partial charge in [-0.3, -0.25) is 0 Å². The van der Waals surface area contributed by atoms with Crippen LogP contribution in [0.5, 0.6) is 0 Å². The number of carboxylic acids is 1. The van der Waals surface area contributed by atoms with Crippen LogP contribution in [0.3, 0.4) is 0 Å². The smallest absolute Gasteiger partial charge is 0.335 e. The molecule has 0 spiro atoms. The maximum Gasteiger partial charge on any atom is 0.335 e. The Kier molecular flexibility index (Phi) is 3.63. The molecule has 4 aromatic rings. The number of rotatable bonds is 4. The van der Waals surface area contributed by atoms with Crippen LogP contribution in [0, 0.1) is 0 Å². The van der Waals surface area contributed by atoms with Crippen molar-refractivity contribution in [2.24, 2.45) is 0 Å². The lowest BCUT2D eigenvalue weighted by Crippen LogP contribution is -1.98. The Balaban J connectivity index is 1.69. The van der Waals surface area contributed by atoms with Crippen LogP contribution in [0.25, 0.3) is 16.9 Å². The number of aromatic nitrogens is 3. The van der Waals surface area contributed by atoms with E-state index in [0.29, 0.717) is 5.95 Å². The van der Waals surface area contributed by atoms with Gasteiger partial charge >= 0.3 is 5.97 Å². The second-order valence-electron chi connectivity index (χ2n) is 5.49. The van der Waals surface area contributed by atoms with E-state index in [1.54, 1.807) is 16.6 Å². The number of nitrogens with one attached hydrogen (secondary N) is 1. The highest BCUT2D eigenvalue weighted by molar-refractivity contribution is 5.88. The van der Waals surface area contributed by atoms with Crippen molar-refractivity contribution in [2.75, 3.05) is 5.32 Å². The lowest BCUT2D eigenvalue weighted by Gasteiger charge is -2.03. The minimum atomic E-state index is -0.954. The predicted molar refractivity (Wildman–Crippen MR) is 95.1 cm³/mol. The highest BCUT2D eigenvalue weighted by Crippen LogP contribution is 2.21. The molecule has 0 saturated heterocycles. The first-order valence-electron chi connectivity index (χ1n) is 7.72. The first kappa shape index (κ1) is 14.9. The largest absolute Gasteiger partial charge is 0.478 e. The standard InChI is InChI=1S/C19H14N4O2/c24-18(25)14-9-11-15(12-10-14)20-19-21-17-8-4-7-16(23(17)22-19)13-5-2-1-3-6-13/h1-12H,(H,20,22)(H,24,25). The number of carbonyl (C=O) groups is 1. The molecule has 6 heteroatoms. The van der Waals surface area contributed by atoms with E-state index in [1.807, 2.05) is 48.5 Å². The number of anilines is 2. The summed E-state index contributed by atoms with van der Waals surface area (Å²) in [5, 5.41) is 16.6. The Morgan fingerprint density at radius 2 is 1.68 bits per heavy atom. The number of hydrogen-bond acceptors (Lipinski definition) is 4. The Morgan fingerprint density at radius 3 is 2.40 bits per heavy atom. The molecule has 2 N–H and O–H groups in total. The summed E-state index contributed by atoms with van der Waals surface area (Å²) in [4.78, 5) is 15.4. The van der Waals surface area contributed by atoms with Crippen LogP contribution in [-0.2, 0) is 0 Å². The van der Waals surface area contributed by atoms with Gasteiger partial charge in [-0.2, -0.15) is 4.98 Å². The summed E-state index contributed by atoms with van der Waals surface area (Å²) in [6, 6.07) is 22.2. The minimum absolute atomic E-state index is 0.236. The Labute approximate surface area is 143 Å². The molecule has 2 aromatic carbocycles. The van der Waals surface area contributed by atoms with Gasteiger partial charge in [0.2, 0.25) is 5.95 Å². The van der Waals surface area contributed by atoms with Crippen molar-refractivity contribution in [1.82, 2.24) is 14.6 Å². The first-order valence-corrected chi connectivity index (χ1v) is 7.72. The summed E-state index contributed by atoms with van der Waals surface area (Å²) in [5.41, 5.74) is 3.68. The van der Waals surface area contributed by atoms with Crippen LogP contribution < -0.4 is 5.32 Å². The molecule has 0 aliphatic rings. The van der Waals surface area contributed by atoms with E-state index < -0.39 is 5.97 Å². The molecule has 122 valence electrons. The predicted octanol–water partition coefficient (Wildman–Crippen LogP) is 3.84. The summed E-state index contributed by atoms with van der Waals surface area (Å²) in [7, 11) is 0. The molecule has 25 heavy (non-hydrogen) atoms. The topological polar surface area (TPSA) is 79.5 Å². The number of benzene rings is 2. The van der Waals surface area contributed by atoms with Gasteiger partial charge in [0, 0.05) is 11.3 Å². The summed E-state index contributed by atoms with van der Waals surface area (Å²) in [5.74, 6) is -0.503. The third-order valence-electron chi connectivity index (χ3n) is 3.82. The van der Waals surface area contributed by atoms with Gasteiger partial charge in [-0.05, 0) is 36.4 Å². The SMILES string of the molecule is O=C(O)c1ccc(Nc2nc3cccc(-c4ccccc4)n3n2)cc1. The second-order valence-corrected chi connectivity index (χ2v) is 5.49.